The van der Waals surface area contributed by atoms with Crippen LogP contribution in [0.2, 0.25) is 0 Å². The number of carbonyl (C=O) groups excluding carboxylic acids is 1. The van der Waals surface area contributed by atoms with E-state index in [0.29, 0.717) is 31.0 Å². The largest absolute Gasteiger partial charge is 0.465 e. The quantitative estimate of drug-likeness (QED) is 0.788. The molecule has 0 unspecified atom stereocenters. The first-order valence-electron chi connectivity index (χ1n) is 7.46. The van der Waals surface area contributed by atoms with Crippen LogP contribution in [0.15, 0.2) is 0 Å². The first-order chi connectivity index (χ1) is 9.16. The highest BCUT2D eigenvalue weighted by Crippen LogP contribution is 2.39. The van der Waals surface area contributed by atoms with Gasteiger partial charge < -0.3 is 14.9 Å². The van der Waals surface area contributed by atoms with Gasteiger partial charge in [-0.15, -0.1) is 0 Å². The van der Waals surface area contributed by atoms with E-state index in [0.717, 1.165) is 25.7 Å². The summed E-state index contributed by atoms with van der Waals surface area (Å²) in [5.74, 6) is 0.879. The van der Waals surface area contributed by atoms with Gasteiger partial charge in [0.25, 0.3) is 0 Å². The zero-order valence-corrected chi connectivity index (χ0v) is 11.3. The maximum Gasteiger partial charge on any atom is 0.407 e. The van der Waals surface area contributed by atoms with E-state index in [2.05, 4.69) is 4.90 Å². The van der Waals surface area contributed by atoms with Crippen molar-refractivity contribution in [1.29, 1.82) is 0 Å². The van der Waals surface area contributed by atoms with Crippen LogP contribution in [0.3, 0.4) is 0 Å². The van der Waals surface area contributed by atoms with E-state index in [1.807, 2.05) is 0 Å². The maximum atomic E-state index is 12.3. The van der Waals surface area contributed by atoms with Gasteiger partial charge in [-0.1, -0.05) is 12.8 Å². The lowest BCUT2D eigenvalue weighted by Crippen LogP contribution is -2.50. The first kappa shape index (κ1) is 12.8. The highest BCUT2D eigenvalue weighted by Gasteiger charge is 2.44. The summed E-state index contributed by atoms with van der Waals surface area (Å²) in [6.45, 7) is 1.14. The number of fused-ring (bicyclic) bond motifs is 1. The number of hydrogen-bond donors (Lipinski definition) is 1. The van der Waals surface area contributed by atoms with Crippen molar-refractivity contribution < 1.29 is 14.7 Å². The fourth-order valence-corrected chi connectivity index (χ4v) is 4.12. The number of rotatable bonds is 1. The van der Waals surface area contributed by atoms with Crippen molar-refractivity contribution in [3.8, 4) is 0 Å². The summed E-state index contributed by atoms with van der Waals surface area (Å²) in [6.07, 6.45) is 6.35. The Labute approximate surface area is 113 Å². The van der Waals surface area contributed by atoms with Gasteiger partial charge in [-0.05, 0) is 31.6 Å². The second-order valence-corrected chi connectivity index (χ2v) is 6.12. The van der Waals surface area contributed by atoms with Gasteiger partial charge in [-0.3, -0.25) is 4.79 Å². The lowest BCUT2D eigenvalue weighted by atomic mass is 9.84. The molecule has 2 heterocycles. The van der Waals surface area contributed by atoms with Crippen LogP contribution < -0.4 is 0 Å². The minimum absolute atomic E-state index is 0.274. The average Bonchev–Trinajstić information content (AvgIpc) is 2.74. The molecule has 2 amide bonds. The minimum atomic E-state index is -0.832. The van der Waals surface area contributed by atoms with Gasteiger partial charge in [0.15, 0.2) is 0 Å². The molecule has 2 atom stereocenters. The molecule has 0 bridgehead atoms. The van der Waals surface area contributed by atoms with E-state index in [-0.39, 0.29) is 6.04 Å². The average molecular weight is 266 g/mol. The number of likely N-dealkylation sites (tertiary alicyclic amines) is 2. The van der Waals surface area contributed by atoms with Crippen LogP contribution in [0.4, 0.5) is 4.79 Å². The Balaban J connectivity index is 1.65. The molecule has 106 valence electrons. The lowest BCUT2D eigenvalue weighted by Gasteiger charge is -2.40. The third-order valence-corrected chi connectivity index (χ3v) is 5.08. The predicted molar refractivity (Wildman–Crippen MR) is 69.8 cm³/mol. The molecular formula is C14H22N2O3. The highest BCUT2D eigenvalue weighted by atomic mass is 16.4. The number of amides is 2. The number of carbonyl (C=O) groups is 2. The summed E-state index contributed by atoms with van der Waals surface area (Å²) >= 11 is 0. The Morgan fingerprint density at radius 2 is 1.79 bits per heavy atom. The summed E-state index contributed by atoms with van der Waals surface area (Å²) in [4.78, 5) is 26.8. The van der Waals surface area contributed by atoms with E-state index in [1.54, 1.807) is 0 Å². The van der Waals surface area contributed by atoms with E-state index < -0.39 is 6.09 Å². The van der Waals surface area contributed by atoms with Crippen LogP contribution in [0.25, 0.3) is 0 Å². The SMILES string of the molecule is O=C(O)N1CCC(N2C(=O)C[C@H]3CCCC[C@@H]32)CC1. The molecule has 3 rings (SSSR count). The molecule has 0 aromatic heterocycles. The van der Waals surface area contributed by atoms with E-state index in [4.69, 9.17) is 5.11 Å². The summed E-state index contributed by atoms with van der Waals surface area (Å²) in [5, 5.41) is 8.97. The number of hydrogen-bond acceptors (Lipinski definition) is 2. The molecule has 2 aliphatic heterocycles. The smallest absolute Gasteiger partial charge is 0.407 e. The molecule has 0 aromatic rings. The van der Waals surface area contributed by atoms with Crippen molar-refractivity contribution in [2.75, 3.05) is 13.1 Å². The van der Waals surface area contributed by atoms with E-state index in [1.165, 1.54) is 24.2 Å². The zero-order valence-electron chi connectivity index (χ0n) is 11.3. The lowest BCUT2D eigenvalue weighted by molar-refractivity contribution is -0.132. The number of piperidine rings is 1. The molecule has 19 heavy (non-hydrogen) atoms. The molecule has 3 fully saturated rings. The van der Waals surface area contributed by atoms with Crippen LogP contribution in [0.1, 0.15) is 44.9 Å². The third kappa shape index (κ3) is 2.30. The summed E-state index contributed by atoms with van der Waals surface area (Å²) < 4.78 is 0. The second-order valence-electron chi connectivity index (χ2n) is 6.12. The van der Waals surface area contributed by atoms with Gasteiger partial charge >= 0.3 is 6.09 Å². The van der Waals surface area contributed by atoms with Crippen molar-refractivity contribution >= 4 is 12.0 Å². The van der Waals surface area contributed by atoms with Crippen LogP contribution >= 0.6 is 0 Å². The summed E-state index contributed by atoms with van der Waals surface area (Å²) in [7, 11) is 0. The Morgan fingerprint density at radius 3 is 2.47 bits per heavy atom. The molecule has 0 spiro atoms. The van der Waals surface area contributed by atoms with Gasteiger partial charge in [0.05, 0.1) is 0 Å². The molecule has 1 aliphatic carbocycles. The highest BCUT2D eigenvalue weighted by molar-refractivity contribution is 5.79. The van der Waals surface area contributed by atoms with Crippen molar-refractivity contribution in [2.24, 2.45) is 5.92 Å². The molecule has 2 saturated heterocycles. The minimum Gasteiger partial charge on any atom is -0.465 e. The fourth-order valence-electron chi connectivity index (χ4n) is 4.12. The Hall–Kier alpha value is -1.26. The van der Waals surface area contributed by atoms with Crippen molar-refractivity contribution in [1.82, 2.24) is 9.80 Å². The van der Waals surface area contributed by atoms with Gasteiger partial charge in [0, 0.05) is 31.6 Å². The van der Waals surface area contributed by atoms with Crippen molar-refractivity contribution in [2.45, 2.75) is 57.0 Å². The van der Waals surface area contributed by atoms with E-state index in [9.17, 15) is 9.59 Å². The van der Waals surface area contributed by atoms with Crippen LogP contribution in [0, 0.1) is 5.92 Å². The zero-order chi connectivity index (χ0) is 13.4. The second kappa shape index (κ2) is 5.02. The van der Waals surface area contributed by atoms with Crippen molar-refractivity contribution in [3.63, 3.8) is 0 Å². The monoisotopic (exact) mass is 266 g/mol. The topological polar surface area (TPSA) is 60.9 Å². The number of nitrogens with zero attached hydrogens (tertiary/aromatic N) is 2. The molecule has 5 heteroatoms. The van der Waals surface area contributed by atoms with E-state index >= 15 is 0 Å². The standard InChI is InChI=1S/C14H22N2O3/c17-13-9-10-3-1-2-4-12(10)16(13)11-5-7-15(8-6-11)14(18)19/h10-12H,1-9H2,(H,18,19)/t10-,12+/m1/s1. The Morgan fingerprint density at radius 1 is 1.11 bits per heavy atom. The number of carboxylic acid groups (broad SMARTS) is 1. The fraction of sp³-hybridized carbons (Fsp3) is 0.857. The maximum absolute atomic E-state index is 12.3. The Bertz CT molecular complexity index is 377. The molecule has 5 nitrogen and oxygen atoms in total. The first-order valence-corrected chi connectivity index (χ1v) is 7.46. The van der Waals surface area contributed by atoms with Gasteiger partial charge in [-0.25, -0.2) is 4.79 Å². The third-order valence-electron chi connectivity index (χ3n) is 5.08. The summed E-state index contributed by atoms with van der Waals surface area (Å²) in [6, 6.07) is 0.721. The Kier molecular flexibility index (Phi) is 3.37. The molecule has 1 N–H and O–H groups in total. The van der Waals surface area contributed by atoms with Gasteiger partial charge in [-0.2, -0.15) is 0 Å². The van der Waals surface area contributed by atoms with Crippen LogP contribution in [-0.2, 0) is 4.79 Å². The normalized spacial score (nSPS) is 32.5. The van der Waals surface area contributed by atoms with Gasteiger partial charge in [0.1, 0.15) is 0 Å². The van der Waals surface area contributed by atoms with Gasteiger partial charge in [0.2, 0.25) is 5.91 Å². The van der Waals surface area contributed by atoms with Crippen molar-refractivity contribution in [3.05, 3.63) is 0 Å². The predicted octanol–water partition coefficient (Wildman–Crippen LogP) is 1.92. The van der Waals surface area contributed by atoms with Crippen LogP contribution in [-0.4, -0.2) is 52.1 Å². The molecule has 3 aliphatic rings. The summed E-state index contributed by atoms with van der Waals surface area (Å²) in [5.41, 5.74) is 0. The molecule has 0 radical (unpaired) electrons. The molecular weight excluding hydrogens is 244 g/mol. The van der Waals surface area contributed by atoms with Crippen LogP contribution in [0.5, 0.6) is 0 Å². The molecule has 1 saturated carbocycles. The molecule has 0 aromatic carbocycles.